The third-order valence-corrected chi connectivity index (χ3v) is 3.16. The van der Waals surface area contributed by atoms with E-state index < -0.39 is 17.5 Å². The molecule has 0 aliphatic rings. The Morgan fingerprint density at radius 2 is 1.67 bits per heavy atom. The summed E-state index contributed by atoms with van der Waals surface area (Å²) in [7, 11) is 0. The van der Waals surface area contributed by atoms with Gasteiger partial charge < -0.3 is 25.5 Å². The fourth-order valence-electron chi connectivity index (χ4n) is 1.87. The van der Waals surface area contributed by atoms with Gasteiger partial charge in [-0.15, -0.1) is 0 Å². The van der Waals surface area contributed by atoms with Crippen molar-refractivity contribution in [2.24, 2.45) is 0 Å². The van der Waals surface area contributed by atoms with Crippen molar-refractivity contribution in [2.75, 3.05) is 26.3 Å². The summed E-state index contributed by atoms with van der Waals surface area (Å²) in [6, 6.07) is 7.67. The quantitative estimate of drug-likeness (QED) is 0.565. The van der Waals surface area contributed by atoms with Crippen LogP contribution in [0.4, 0.5) is 4.79 Å². The van der Waals surface area contributed by atoms with Crippen molar-refractivity contribution < 1.29 is 24.9 Å². The zero-order chi connectivity index (χ0) is 15.9. The Morgan fingerprint density at radius 3 is 2.10 bits per heavy atom. The van der Waals surface area contributed by atoms with Crippen molar-refractivity contribution >= 4 is 12.0 Å². The zero-order valence-corrected chi connectivity index (χ0v) is 11.8. The lowest BCUT2D eigenvalue weighted by Crippen LogP contribution is -2.54. The highest BCUT2D eigenvalue weighted by Crippen LogP contribution is 2.21. The molecule has 0 aromatic heterocycles. The summed E-state index contributed by atoms with van der Waals surface area (Å²) in [4.78, 5) is 24.9. The predicted molar refractivity (Wildman–Crippen MR) is 75.7 cm³/mol. The molecule has 7 heteroatoms. The number of hydrogen-bond acceptors (Lipinski definition) is 4. The Hall–Kier alpha value is -2.12. The maximum Gasteiger partial charge on any atom is 0.333 e. The summed E-state index contributed by atoms with van der Waals surface area (Å²) in [5.41, 5.74) is -1.17. The van der Waals surface area contributed by atoms with E-state index in [0.717, 1.165) is 4.90 Å². The first kappa shape index (κ1) is 16.9. The Kier molecular flexibility index (Phi) is 6.13. The van der Waals surface area contributed by atoms with Crippen LogP contribution in [-0.2, 0) is 10.3 Å². The lowest BCUT2D eigenvalue weighted by Gasteiger charge is -2.30. The Bertz CT molecular complexity index is 474. The SMILES string of the molecule is CC(NC(=O)N(CCO)CCO)(C(=O)O)c1ccccc1. The van der Waals surface area contributed by atoms with E-state index in [1.165, 1.54) is 6.92 Å². The van der Waals surface area contributed by atoms with Crippen molar-refractivity contribution in [1.82, 2.24) is 10.2 Å². The molecule has 7 nitrogen and oxygen atoms in total. The van der Waals surface area contributed by atoms with E-state index in [-0.39, 0.29) is 26.3 Å². The summed E-state index contributed by atoms with van der Waals surface area (Å²) >= 11 is 0. The van der Waals surface area contributed by atoms with Gasteiger partial charge in [0.2, 0.25) is 0 Å². The molecule has 1 unspecified atom stereocenters. The number of aliphatic hydroxyl groups is 2. The molecule has 1 atom stereocenters. The Morgan fingerprint density at radius 1 is 1.14 bits per heavy atom. The van der Waals surface area contributed by atoms with Crippen LogP contribution in [0.3, 0.4) is 0 Å². The van der Waals surface area contributed by atoms with Crippen LogP contribution in [0.1, 0.15) is 12.5 Å². The lowest BCUT2D eigenvalue weighted by atomic mass is 9.92. The predicted octanol–water partition coefficient (Wildman–Crippen LogP) is -0.0174. The second kappa shape index (κ2) is 7.61. The molecule has 0 aliphatic heterocycles. The average Bonchev–Trinajstić information content (AvgIpc) is 2.47. The third kappa shape index (κ3) is 4.17. The van der Waals surface area contributed by atoms with Crippen LogP contribution in [0, 0.1) is 0 Å². The summed E-state index contributed by atoms with van der Waals surface area (Å²) in [5.74, 6) is -1.20. The van der Waals surface area contributed by atoms with E-state index in [1.54, 1.807) is 30.3 Å². The number of aliphatic hydroxyl groups excluding tert-OH is 2. The fourth-order valence-corrected chi connectivity index (χ4v) is 1.87. The van der Waals surface area contributed by atoms with Crippen LogP contribution in [0.25, 0.3) is 0 Å². The van der Waals surface area contributed by atoms with Gasteiger partial charge in [-0.05, 0) is 12.5 Å². The van der Waals surface area contributed by atoms with E-state index >= 15 is 0 Å². The van der Waals surface area contributed by atoms with Gasteiger partial charge in [0.25, 0.3) is 0 Å². The molecule has 0 radical (unpaired) electrons. The first-order chi connectivity index (χ1) is 9.95. The number of rotatable bonds is 7. The van der Waals surface area contributed by atoms with Gasteiger partial charge in [-0.3, -0.25) is 0 Å². The largest absolute Gasteiger partial charge is 0.479 e. The highest BCUT2D eigenvalue weighted by Gasteiger charge is 2.37. The van der Waals surface area contributed by atoms with Crippen molar-refractivity contribution in [1.29, 1.82) is 0 Å². The van der Waals surface area contributed by atoms with Crippen LogP contribution in [-0.4, -0.2) is 58.5 Å². The molecule has 1 aromatic rings. The molecule has 0 saturated heterocycles. The number of carboxylic acids is 1. The number of urea groups is 1. The van der Waals surface area contributed by atoms with Crippen LogP contribution >= 0.6 is 0 Å². The highest BCUT2D eigenvalue weighted by molar-refractivity contribution is 5.87. The molecule has 21 heavy (non-hydrogen) atoms. The van der Waals surface area contributed by atoms with Crippen LogP contribution < -0.4 is 5.32 Å². The molecule has 0 aliphatic carbocycles. The van der Waals surface area contributed by atoms with Gasteiger partial charge in [0.15, 0.2) is 5.54 Å². The van der Waals surface area contributed by atoms with Crippen molar-refractivity contribution in [3.8, 4) is 0 Å². The van der Waals surface area contributed by atoms with Gasteiger partial charge in [-0.2, -0.15) is 0 Å². The van der Waals surface area contributed by atoms with Gasteiger partial charge in [0.05, 0.1) is 13.2 Å². The summed E-state index contributed by atoms with van der Waals surface area (Å²) < 4.78 is 0. The van der Waals surface area contributed by atoms with E-state index in [0.29, 0.717) is 5.56 Å². The van der Waals surface area contributed by atoms with E-state index in [2.05, 4.69) is 5.32 Å². The molecule has 1 aromatic carbocycles. The van der Waals surface area contributed by atoms with Crippen molar-refractivity contribution in [2.45, 2.75) is 12.5 Å². The number of benzene rings is 1. The summed E-state index contributed by atoms with van der Waals surface area (Å²) in [5, 5.41) is 29.7. The molecule has 0 fully saturated rings. The Balaban J connectivity index is 2.97. The maximum atomic E-state index is 12.1. The molecular weight excluding hydrogens is 276 g/mol. The molecule has 0 heterocycles. The number of carboxylic acid groups (broad SMARTS) is 1. The molecule has 0 saturated carbocycles. The highest BCUT2D eigenvalue weighted by atomic mass is 16.4. The molecule has 2 amide bonds. The first-order valence-corrected chi connectivity index (χ1v) is 6.53. The van der Waals surface area contributed by atoms with Crippen molar-refractivity contribution in [3.05, 3.63) is 35.9 Å². The van der Waals surface area contributed by atoms with E-state index in [1.807, 2.05) is 0 Å². The average molecular weight is 296 g/mol. The van der Waals surface area contributed by atoms with Crippen molar-refractivity contribution in [3.63, 3.8) is 0 Å². The molecule has 1 rings (SSSR count). The number of carbonyl (C=O) groups is 2. The molecule has 0 spiro atoms. The normalized spacial score (nSPS) is 13.3. The van der Waals surface area contributed by atoms with Crippen LogP contribution in [0.5, 0.6) is 0 Å². The third-order valence-electron chi connectivity index (χ3n) is 3.16. The Labute approximate surface area is 122 Å². The first-order valence-electron chi connectivity index (χ1n) is 6.53. The second-order valence-corrected chi connectivity index (χ2v) is 4.66. The van der Waals surface area contributed by atoms with Gasteiger partial charge in [-0.25, -0.2) is 9.59 Å². The fraction of sp³-hybridized carbons (Fsp3) is 0.429. The number of amides is 2. The number of carbonyl (C=O) groups excluding carboxylic acids is 1. The minimum Gasteiger partial charge on any atom is -0.479 e. The molecule has 0 bridgehead atoms. The smallest absolute Gasteiger partial charge is 0.333 e. The molecule has 4 N–H and O–H groups in total. The zero-order valence-electron chi connectivity index (χ0n) is 11.8. The maximum absolute atomic E-state index is 12.1. The van der Waals surface area contributed by atoms with Crippen LogP contribution in [0.15, 0.2) is 30.3 Å². The topological polar surface area (TPSA) is 110 Å². The lowest BCUT2D eigenvalue weighted by molar-refractivity contribution is -0.144. The molecular formula is C14H20N2O5. The minimum absolute atomic E-state index is 0.0108. The summed E-state index contributed by atoms with van der Waals surface area (Å²) in [6.45, 7) is 0.859. The van der Waals surface area contributed by atoms with E-state index in [9.17, 15) is 14.7 Å². The number of nitrogens with one attached hydrogen (secondary N) is 1. The van der Waals surface area contributed by atoms with Gasteiger partial charge in [0, 0.05) is 13.1 Å². The van der Waals surface area contributed by atoms with Gasteiger partial charge >= 0.3 is 12.0 Å². The monoisotopic (exact) mass is 296 g/mol. The second-order valence-electron chi connectivity index (χ2n) is 4.66. The number of aliphatic carboxylic acids is 1. The number of nitrogens with zero attached hydrogens (tertiary/aromatic N) is 1. The standard InChI is InChI=1S/C14H20N2O5/c1-14(12(19)20,11-5-3-2-4-6-11)15-13(21)16(7-9-17)8-10-18/h2-6,17-18H,7-10H2,1H3,(H,15,21)(H,19,20). The van der Waals surface area contributed by atoms with Crippen LogP contribution in [0.2, 0.25) is 0 Å². The molecule has 116 valence electrons. The van der Waals surface area contributed by atoms with Gasteiger partial charge in [0.1, 0.15) is 0 Å². The number of hydrogen-bond donors (Lipinski definition) is 4. The summed E-state index contributed by atoms with van der Waals surface area (Å²) in [6.07, 6.45) is 0. The van der Waals surface area contributed by atoms with E-state index in [4.69, 9.17) is 10.2 Å². The van der Waals surface area contributed by atoms with Gasteiger partial charge in [-0.1, -0.05) is 30.3 Å². The minimum atomic E-state index is -1.60.